The number of ether oxygens (including phenoxy) is 1. The van der Waals surface area contributed by atoms with Gasteiger partial charge in [-0.1, -0.05) is 6.92 Å². The molecule has 1 fully saturated rings. The van der Waals surface area contributed by atoms with E-state index in [4.69, 9.17) is 4.74 Å². The maximum Gasteiger partial charge on any atom is 0.150 e. The highest BCUT2D eigenvalue weighted by Gasteiger charge is 2.38. The van der Waals surface area contributed by atoms with Crippen molar-refractivity contribution in [3.8, 4) is 0 Å². The predicted octanol–water partition coefficient (Wildman–Crippen LogP) is 0.741. The number of sulfone groups is 1. The molecule has 0 saturated carbocycles. The molecule has 1 heterocycles. The zero-order chi connectivity index (χ0) is 11.5. The fourth-order valence-corrected chi connectivity index (χ4v) is 2.71. The molecular formula is C10H20O4S. The Morgan fingerprint density at radius 3 is 2.67 bits per heavy atom. The van der Waals surface area contributed by atoms with Crippen molar-refractivity contribution >= 4 is 9.84 Å². The van der Waals surface area contributed by atoms with Crippen LogP contribution in [0.2, 0.25) is 0 Å². The van der Waals surface area contributed by atoms with E-state index in [-0.39, 0.29) is 17.6 Å². The molecule has 0 amide bonds. The second-order valence-corrected chi connectivity index (χ2v) is 6.68. The van der Waals surface area contributed by atoms with E-state index in [1.54, 1.807) is 6.92 Å². The molecule has 90 valence electrons. The molecule has 0 aromatic carbocycles. The van der Waals surface area contributed by atoms with Crippen molar-refractivity contribution in [2.24, 2.45) is 0 Å². The van der Waals surface area contributed by atoms with Crippen LogP contribution in [0.1, 0.15) is 33.1 Å². The Labute approximate surface area is 91.6 Å². The molecule has 0 bridgehead atoms. The Kier molecular flexibility index (Phi) is 4.14. The molecule has 0 aliphatic carbocycles. The summed E-state index contributed by atoms with van der Waals surface area (Å²) in [5, 5.41) is 10.1. The van der Waals surface area contributed by atoms with Crippen LogP contribution in [0.15, 0.2) is 0 Å². The van der Waals surface area contributed by atoms with Crippen LogP contribution in [0.25, 0.3) is 0 Å². The minimum Gasteiger partial charge on any atom is -0.387 e. The second-order valence-electron chi connectivity index (χ2n) is 4.21. The van der Waals surface area contributed by atoms with Gasteiger partial charge < -0.3 is 9.84 Å². The maximum atomic E-state index is 11.2. The Balaban J connectivity index is 2.37. The van der Waals surface area contributed by atoms with Crippen LogP contribution in [0.3, 0.4) is 0 Å². The Bertz CT molecular complexity index is 299. The van der Waals surface area contributed by atoms with Crippen molar-refractivity contribution in [3.05, 3.63) is 0 Å². The first-order valence-electron chi connectivity index (χ1n) is 5.44. The fourth-order valence-electron chi connectivity index (χ4n) is 1.84. The van der Waals surface area contributed by atoms with Crippen molar-refractivity contribution in [1.82, 2.24) is 0 Å². The van der Waals surface area contributed by atoms with Crippen LogP contribution in [0.4, 0.5) is 0 Å². The molecule has 15 heavy (non-hydrogen) atoms. The van der Waals surface area contributed by atoms with Crippen molar-refractivity contribution in [3.63, 3.8) is 0 Å². The molecule has 1 N–H and O–H groups in total. The van der Waals surface area contributed by atoms with Crippen molar-refractivity contribution in [2.45, 2.75) is 44.8 Å². The molecule has 1 aliphatic heterocycles. The molecule has 0 spiro atoms. The second kappa shape index (κ2) is 4.80. The van der Waals surface area contributed by atoms with Gasteiger partial charge in [0.15, 0.2) is 0 Å². The molecule has 1 saturated heterocycles. The Hall–Kier alpha value is -0.130. The first kappa shape index (κ1) is 12.9. The Morgan fingerprint density at radius 2 is 2.20 bits per heavy atom. The fraction of sp³-hybridized carbons (Fsp3) is 1.00. The van der Waals surface area contributed by atoms with E-state index in [0.29, 0.717) is 25.9 Å². The lowest BCUT2D eigenvalue weighted by atomic mass is 9.91. The van der Waals surface area contributed by atoms with E-state index in [0.717, 1.165) is 0 Å². The van der Waals surface area contributed by atoms with Gasteiger partial charge in [0.25, 0.3) is 0 Å². The van der Waals surface area contributed by atoms with Gasteiger partial charge >= 0.3 is 0 Å². The van der Waals surface area contributed by atoms with E-state index in [1.165, 1.54) is 0 Å². The molecule has 2 atom stereocenters. The van der Waals surface area contributed by atoms with Gasteiger partial charge in [-0.05, 0) is 19.8 Å². The molecule has 0 aromatic rings. The van der Waals surface area contributed by atoms with Crippen LogP contribution in [-0.2, 0) is 14.6 Å². The average Bonchev–Trinajstić information content (AvgIpc) is 2.47. The lowest BCUT2D eigenvalue weighted by molar-refractivity contribution is -0.0332. The van der Waals surface area contributed by atoms with Crippen molar-refractivity contribution in [1.29, 1.82) is 0 Å². The molecule has 2 unspecified atom stereocenters. The molecular weight excluding hydrogens is 216 g/mol. The topological polar surface area (TPSA) is 63.6 Å². The third kappa shape index (κ3) is 3.43. The molecule has 5 heteroatoms. The largest absolute Gasteiger partial charge is 0.387 e. The molecule has 0 aromatic heterocycles. The van der Waals surface area contributed by atoms with Gasteiger partial charge in [0.1, 0.15) is 9.84 Å². The zero-order valence-electron chi connectivity index (χ0n) is 9.40. The van der Waals surface area contributed by atoms with Crippen LogP contribution in [0, 0.1) is 0 Å². The predicted molar refractivity (Wildman–Crippen MR) is 58.5 cm³/mol. The molecule has 0 radical (unpaired) electrons. The van der Waals surface area contributed by atoms with Crippen LogP contribution < -0.4 is 0 Å². The first-order chi connectivity index (χ1) is 6.90. The SMILES string of the molecule is CCS(=O)(=O)CCCC1(O)CCOC1C. The summed E-state index contributed by atoms with van der Waals surface area (Å²) in [4.78, 5) is 0. The summed E-state index contributed by atoms with van der Waals surface area (Å²) < 4.78 is 27.8. The van der Waals surface area contributed by atoms with Gasteiger partial charge in [0.05, 0.1) is 17.5 Å². The van der Waals surface area contributed by atoms with Crippen LogP contribution in [-0.4, -0.2) is 43.3 Å². The van der Waals surface area contributed by atoms with Crippen molar-refractivity contribution < 1.29 is 18.3 Å². The normalized spacial score (nSPS) is 32.1. The quantitative estimate of drug-likeness (QED) is 0.764. The number of rotatable bonds is 5. The minimum atomic E-state index is -2.91. The smallest absolute Gasteiger partial charge is 0.150 e. The van der Waals surface area contributed by atoms with Gasteiger partial charge in [-0.2, -0.15) is 0 Å². The summed E-state index contributed by atoms with van der Waals surface area (Å²) in [7, 11) is -2.91. The summed E-state index contributed by atoms with van der Waals surface area (Å²) in [5.41, 5.74) is -0.816. The third-order valence-electron chi connectivity index (χ3n) is 3.16. The minimum absolute atomic E-state index is 0.165. The van der Waals surface area contributed by atoms with Crippen molar-refractivity contribution in [2.75, 3.05) is 18.1 Å². The highest BCUT2D eigenvalue weighted by molar-refractivity contribution is 7.91. The Morgan fingerprint density at radius 1 is 1.53 bits per heavy atom. The van der Waals surface area contributed by atoms with Crippen LogP contribution >= 0.6 is 0 Å². The number of hydrogen-bond donors (Lipinski definition) is 1. The van der Waals surface area contributed by atoms with Gasteiger partial charge in [0, 0.05) is 18.8 Å². The summed E-state index contributed by atoms with van der Waals surface area (Å²) in [6.07, 6.45) is 1.45. The molecule has 1 rings (SSSR count). The molecule has 4 nitrogen and oxygen atoms in total. The van der Waals surface area contributed by atoms with Gasteiger partial charge in [0.2, 0.25) is 0 Å². The monoisotopic (exact) mass is 236 g/mol. The number of aliphatic hydroxyl groups is 1. The molecule has 1 aliphatic rings. The number of hydrogen-bond acceptors (Lipinski definition) is 4. The highest BCUT2D eigenvalue weighted by atomic mass is 32.2. The van der Waals surface area contributed by atoms with Crippen LogP contribution in [0.5, 0.6) is 0 Å². The standard InChI is InChI=1S/C10H20O4S/c1-3-15(12,13)8-4-5-10(11)6-7-14-9(10)2/h9,11H,3-8H2,1-2H3. The van der Waals surface area contributed by atoms with E-state index in [2.05, 4.69) is 0 Å². The van der Waals surface area contributed by atoms with Gasteiger partial charge in [-0.25, -0.2) is 8.42 Å². The maximum absolute atomic E-state index is 11.2. The summed E-state index contributed by atoms with van der Waals surface area (Å²) >= 11 is 0. The average molecular weight is 236 g/mol. The van der Waals surface area contributed by atoms with E-state index in [1.807, 2.05) is 6.92 Å². The highest BCUT2D eigenvalue weighted by Crippen LogP contribution is 2.30. The third-order valence-corrected chi connectivity index (χ3v) is 4.95. The lowest BCUT2D eigenvalue weighted by Crippen LogP contribution is -2.36. The summed E-state index contributed by atoms with van der Waals surface area (Å²) in [5.74, 6) is 0.343. The van der Waals surface area contributed by atoms with E-state index in [9.17, 15) is 13.5 Å². The lowest BCUT2D eigenvalue weighted by Gasteiger charge is -2.25. The van der Waals surface area contributed by atoms with Gasteiger partial charge in [-0.3, -0.25) is 0 Å². The van der Waals surface area contributed by atoms with Gasteiger partial charge in [-0.15, -0.1) is 0 Å². The first-order valence-corrected chi connectivity index (χ1v) is 7.26. The van der Waals surface area contributed by atoms with E-state index < -0.39 is 15.4 Å². The summed E-state index contributed by atoms with van der Waals surface area (Å²) in [6, 6.07) is 0. The zero-order valence-corrected chi connectivity index (χ0v) is 10.2. The van der Waals surface area contributed by atoms with E-state index >= 15 is 0 Å². The summed E-state index contributed by atoms with van der Waals surface area (Å²) in [6.45, 7) is 4.05.